The molecule has 0 aliphatic heterocycles. The Morgan fingerprint density at radius 3 is 1.54 bits per heavy atom. The SMILES string of the molecule is CCCCCCCC(CC)(c1ccc(O)cc1)c1ccc(O)cc1. The van der Waals surface area contributed by atoms with E-state index in [1.54, 1.807) is 24.3 Å². The summed E-state index contributed by atoms with van der Waals surface area (Å²) in [7, 11) is 0. The van der Waals surface area contributed by atoms with Crippen molar-refractivity contribution < 1.29 is 10.2 Å². The second-order valence-electron chi connectivity index (χ2n) is 6.69. The maximum absolute atomic E-state index is 9.64. The molecule has 0 bridgehead atoms. The fourth-order valence-corrected chi connectivity index (χ4v) is 3.63. The van der Waals surface area contributed by atoms with Crippen molar-refractivity contribution in [2.24, 2.45) is 0 Å². The molecular weight excluding hydrogens is 296 g/mol. The first kappa shape index (κ1) is 18.4. The molecule has 0 atom stereocenters. The minimum atomic E-state index is -0.0619. The summed E-state index contributed by atoms with van der Waals surface area (Å²) in [5.74, 6) is 0.606. The highest BCUT2D eigenvalue weighted by Gasteiger charge is 2.31. The van der Waals surface area contributed by atoms with E-state index < -0.39 is 0 Å². The highest BCUT2D eigenvalue weighted by molar-refractivity contribution is 5.42. The summed E-state index contributed by atoms with van der Waals surface area (Å²) in [6, 6.07) is 15.3. The van der Waals surface area contributed by atoms with Crippen LogP contribution in [0.5, 0.6) is 11.5 Å². The third kappa shape index (κ3) is 4.31. The lowest BCUT2D eigenvalue weighted by Gasteiger charge is -2.34. The maximum atomic E-state index is 9.64. The van der Waals surface area contributed by atoms with Crippen molar-refractivity contribution in [2.75, 3.05) is 0 Å². The van der Waals surface area contributed by atoms with Gasteiger partial charge in [-0.3, -0.25) is 0 Å². The van der Waals surface area contributed by atoms with Crippen LogP contribution in [0, 0.1) is 0 Å². The van der Waals surface area contributed by atoms with Gasteiger partial charge in [-0.05, 0) is 48.2 Å². The molecule has 0 fully saturated rings. The molecular formula is C22H30O2. The summed E-state index contributed by atoms with van der Waals surface area (Å²) in [5.41, 5.74) is 2.42. The molecule has 2 N–H and O–H groups in total. The summed E-state index contributed by atoms with van der Waals surface area (Å²) < 4.78 is 0. The lowest BCUT2D eigenvalue weighted by Crippen LogP contribution is -2.27. The van der Waals surface area contributed by atoms with Crippen molar-refractivity contribution in [2.45, 2.75) is 64.2 Å². The van der Waals surface area contributed by atoms with Crippen LogP contribution < -0.4 is 0 Å². The molecule has 0 unspecified atom stereocenters. The minimum Gasteiger partial charge on any atom is -0.508 e. The molecule has 2 heteroatoms. The Labute approximate surface area is 146 Å². The van der Waals surface area contributed by atoms with Gasteiger partial charge in [0.15, 0.2) is 0 Å². The lowest BCUT2D eigenvalue weighted by atomic mass is 9.69. The van der Waals surface area contributed by atoms with Crippen molar-refractivity contribution in [3.05, 3.63) is 59.7 Å². The molecule has 2 nitrogen and oxygen atoms in total. The molecule has 24 heavy (non-hydrogen) atoms. The van der Waals surface area contributed by atoms with E-state index in [0.717, 1.165) is 12.8 Å². The Morgan fingerprint density at radius 1 is 0.667 bits per heavy atom. The second-order valence-corrected chi connectivity index (χ2v) is 6.69. The van der Waals surface area contributed by atoms with Crippen LogP contribution in [0.1, 0.15) is 69.9 Å². The van der Waals surface area contributed by atoms with Gasteiger partial charge in [0.1, 0.15) is 11.5 Å². The Hall–Kier alpha value is -1.96. The van der Waals surface area contributed by atoms with Crippen LogP contribution in [-0.2, 0) is 5.41 Å². The summed E-state index contributed by atoms with van der Waals surface area (Å²) >= 11 is 0. The van der Waals surface area contributed by atoms with Crippen LogP contribution in [-0.4, -0.2) is 10.2 Å². The Bertz CT molecular complexity index is 553. The van der Waals surface area contributed by atoms with Crippen LogP contribution in [0.25, 0.3) is 0 Å². The lowest BCUT2D eigenvalue weighted by molar-refractivity contribution is 0.423. The van der Waals surface area contributed by atoms with Crippen molar-refractivity contribution >= 4 is 0 Å². The first-order valence-electron chi connectivity index (χ1n) is 9.21. The normalized spacial score (nSPS) is 11.6. The zero-order chi connectivity index (χ0) is 17.4. The second kappa shape index (κ2) is 8.77. The Morgan fingerprint density at radius 2 is 1.12 bits per heavy atom. The number of benzene rings is 2. The first-order valence-corrected chi connectivity index (χ1v) is 9.21. The molecule has 0 spiro atoms. The number of phenols is 2. The highest BCUT2D eigenvalue weighted by atomic mass is 16.3. The van der Waals surface area contributed by atoms with Gasteiger partial charge in [0.05, 0.1) is 0 Å². The molecule has 2 rings (SSSR count). The van der Waals surface area contributed by atoms with Gasteiger partial charge in [-0.2, -0.15) is 0 Å². The molecule has 2 aromatic rings. The van der Waals surface area contributed by atoms with E-state index in [1.165, 1.54) is 43.2 Å². The number of aromatic hydroxyl groups is 2. The molecule has 0 radical (unpaired) electrons. The smallest absolute Gasteiger partial charge is 0.115 e. The van der Waals surface area contributed by atoms with Gasteiger partial charge in [-0.1, -0.05) is 70.2 Å². The van der Waals surface area contributed by atoms with E-state index in [2.05, 4.69) is 13.8 Å². The van der Waals surface area contributed by atoms with E-state index in [0.29, 0.717) is 11.5 Å². The molecule has 2 aromatic carbocycles. The van der Waals surface area contributed by atoms with E-state index in [4.69, 9.17) is 0 Å². The zero-order valence-electron chi connectivity index (χ0n) is 15.0. The molecule has 0 saturated carbocycles. The van der Waals surface area contributed by atoms with E-state index in [9.17, 15) is 10.2 Å². The minimum absolute atomic E-state index is 0.0619. The van der Waals surface area contributed by atoms with Crippen molar-refractivity contribution in [1.29, 1.82) is 0 Å². The third-order valence-electron chi connectivity index (χ3n) is 5.15. The van der Waals surface area contributed by atoms with Gasteiger partial charge in [0.2, 0.25) is 0 Å². The van der Waals surface area contributed by atoms with Crippen molar-refractivity contribution in [3.8, 4) is 11.5 Å². The van der Waals surface area contributed by atoms with Crippen LogP contribution in [0.3, 0.4) is 0 Å². The Balaban J connectivity index is 2.31. The topological polar surface area (TPSA) is 40.5 Å². The largest absolute Gasteiger partial charge is 0.508 e. The summed E-state index contributed by atoms with van der Waals surface area (Å²) in [6.07, 6.45) is 8.38. The number of unbranched alkanes of at least 4 members (excludes halogenated alkanes) is 4. The van der Waals surface area contributed by atoms with Gasteiger partial charge in [-0.25, -0.2) is 0 Å². The number of hydrogen-bond acceptors (Lipinski definition) is 2. The monoisotopic (exact) mass is 326 g/mol. The average Bonchev–Trinajstić information content (AvgIpc) is 2.60. The standard InChI is InChI=1S/C22H30O2/c1-3-5-6-7-8-17-22(4-2,18-9-13-20(23)14-10-18)19-11-15-21(24)16-12-19/h9-16,23-24H,3-8,17H2,1-2H3. The number of phenolic OH excluding ortho intramolecular Hbond substituents is 2. The van der Waals surface area contributed by atoms with Crippen molar-refractivity contribution in [1.82, 2.24) is 0 Å². The maximum Gasteiger partial charge on any atom is 0.115 e. The Kier molecular flexibility index (Phi) is 6.72. The highest BCUT2D eigenvalue weighted by Crippen LogP contribution is 2.41. The van der Waals surface area contributed by atoms with Crippen LogP contribution in [0.4, 0.5) is 0 Å². The summed E-state index contributed by atoms with van der Waals surface area (Å²) in [5, 5.41) is 19.3. The molecule has 0 aliphatic carbocycles. The quantitative estimate of drug-likeness (QED) is 0.542. The van der Waals surface area contributed by atoms with E-state index in [1.807, 2.05) is 24.3 Å². The summed E-state index contributed by atoms with van der Waals surface area (Å²) in [4.78, 5) is 0. The van der Waals surface area contributed by atoms with Gasteiger partial charge in [-0.15, -0.1) is 0 Å². The third-order valence-corrected chi connectivity index (χ3v) is 5.15. The molecule has 0 amide bonds. The molecule has 0 aromatic heterocycles. The predicted octanol–water partition coefficient (Wildman–Crippen LogP) is 6.15. The first-order chi connectivity index (χ1) is 11.6. The number of rotatable bonds is 9. The average molecular weight is 326 g/mol. The van der Waals surface area contributed by atoms with Gasteiger partial charge in [0, 0.05) is 5.41 Å². The molecule has 0 saturated heterocycles. The van der Waals surface area contributed by atoms with Crippen molar-refractivity contribution in [3.63, 3.8) is 0 Å². The fourth-order valence-electron chi connectivity index (χ4n) is 3.63. The molecule has 130 valence electrons. The zero-order valence-corrected chi connectivity index (χ0v) is 15.0. The number of hydrogen-bond donors (Lipinski definition) is 2. The van der Waals surface area contributed by atoms with E-state index >= 15 is 0 Å². The summed E-state index contributed by atoms with van der Waals surface area (Å²) in [6.45, 7) is 4.47. The predicted molar refractivity (Wildman–Crippen MR) is 101 cm³/mol. The fraction of sp³-hybridized carbons (Fsp3) is 0.455. The van der Waals surface area contributed by atoms with Gasteiger partial charge in [0.25, 0.3) is 0 Å². The van der Waals surface area contributed by atoms with Crippen LogP contribution in [0.15, 0.2) is 48.5 Å². The van der Waals surface area contributed by atoms with Gasteiger partial charge >= 0.3 is 0 Å². The molecule has 0 aliphatic rings. The van der Waals surface area contributed by atoms with Gasteiger partial charge < -0.3 is 10.2 Å². The van der Waals surface area contributed by atoms with Crippen LogP contribution in [0.2, 0.25) is 0 Å². The van der Waals surface area contributed by atoms with E-state index in [-0.39, 0.29) is 5.41 Å². The van der Waals surface area contributed by atoms with Crippen LogP contribution >= 0.6 is 0 Å². The molecule has 0 heterocycles.